The van der Waals surface area contributed by atoms with Gasteiger partial charge >= 0.3 is 0 Å². The predicted octanol–water partition coefficient (Wildman–Crippen LogP) is 1.44. The van der Waals surface area contributed by atoms with Crippen LogP contribution in [-0.2, 0) is 4.79 Å². The van der Waals surface area contributed by atoms with Gasteiger partial charge in [-0.25, -0.2) is 5.01 Å². The van der Waals surface area contributed by atoms with Gasteiger partial charge in [0.15, 0.2) is 0 Å². The van der Waals surface area contributed by atoms with Gasteiger partial charge < -0.3 is 10.5 Å². The monoisotopic (exact) mass is 315 g/mol. The molecule has 0 aliphatic carbocycles. The number of nitrogens with zero attached hydrogens (tertiary/aromatic N) is 1. The van der Waals surface area contributed by atoms with Crippen molar-refractivity contribution in [3.05, 3.63) is 28.2 Å². The van der Waals surface area contributed by atoms with E-state index in [2.05, 4.69) is 21.4 Å². The molecule has 0 fully saturated rings. The number of hydrazine groups is 1. The van der Waals surface area contributed by atoms with E-state index in [-0.39, 0.29) is 18.4 Å². The first-order valence-corrected chi connectivity index (χ1v) is 6.29. The molecule has 1 aromatic carbocycles. The highest BCUT2D eigenvalue weighted by atomic mass is 79.9. The van der Waals surface area contributed by atoms with Gasteiger partial charge in [-0.1, -0.05) is 6.07 Å². The minimum Gasteiger partial charge on any atom is -0.496 e. The van der Waals surface area contributed by atoms with Crippen LogP contribution in [0.5, 0.6) is 5.75 Å². The predicted molar refractivity (Wildman–Crippen MR) is 74.1 cm³/mol. The first-order chi connectivity index (χ1) is 8.43. The fourth-order valence-corrected chi connectivity index (χ4v) is 2.08. The molecule has 6 heteroatoms. The molecule has 100 valence electrons. The third-order valence-corrected chi connectivity index (χ3v) is 2.98. The number of carbonyl (C=O) groups is 1. The van der Waals surface area contributed by atoms with Crippen molar-refractivity contribution in [2.24, 2.45) is 5.73 Å². The number of hydrogen-bond acceptors (Lipinski definition) is 4. The fraction of sp³-hybridized carbons (Fsp3) is 0.417. The van der Waals surface area contributed by atoms with Crippen LogP contribution in [0.1, 0.15) is 18.0 Å². The molecule has 0 spiro atoms. The zero-order chi connectivity index (χ0) is 13.7. The molecule has 18 heavy (non-hydrogen) atoms. The van der Waals surface area contributed by atoms with E-state index in [0.717, 1.165) is 15.8 Å². The Labute approximate surface area is 115 Å². The largest absolute Gasteiger partial charge is 0.496 e. The van der Waals surface area contributed by atoms with Crippen LogP contribution in [0.15, 0.2) is 22.7 Å². The Kier molecular flexibility index (Phi) is 5.58. The lowest BCUT2D eigenvalue weighted by molar-refractivity contribution is -0.125. The average Bonchev–Trinajstić information content (AvgIpc) is 2.27. The van der Waals surface area contributed by atoms with Gasteiger partial charge in [0.1, 0.15) is 5.75 Å². The molecule has 0 aromatic heterocycles. The summed E-state index contributed by atoms with van der Waals surface area (Å²) in [6, 6.07) is 5.21. The van der Waals surface area contributed by atoms with E-state index in [1.165, 1.54) is 0 Å². The highest BCUT2D eigenvalue weighted by molar-refractivity contribution is 9.10. The lowest BCUT2D eigenvalue weighted by Crippen LogP contribution is -2.37. The molecule has 0 bridgehead atoms. The maximum Gasteiger partial charge on any atom is 0.236 e. The second-order valence-corrected chi connectivity index (χ2v) is 4.99. The van der Waals surface area contributed by atoms with Gasteiger partial charge in [0.25, 0.3) is 0 Å². The van der Waals surface area contributed by atoms with Crippen LogP contribution in [0.2, 0.25) is 0 Å². The summed E-state index contributed by atoms with van der Waals surface area (Å²) < 4.78 is 5.96. The van der Waals surface area contributed by atoms with Gasteiger partial charge in [0.05, 0.1) is 11.6 Å². The Morgan fingerprint density at radius 3 is 2.72 bits per heavy atom. The number of nitrogens with two attached hydrogens (primary N) is 1. The normalized spacial score (nSPS) is 12.3. The Morgan fingerprint density at radius 2 is 2.22 bits per heavy atom. The number of carbonyl (C=O) groups excluding carboxylic acids is 1. The van der Waals surface area contributed by atoms with E-state index in [0.29, 0.717) is 0 Å². The van der Waals surface area contributed by atoms with Gasteiger partial charge in [-0.3, -0.25) is 10.2 Å². The zero-order valence-electron chi connectivity index (χ0n) is 10.7. The van der Waals surface area contributed by atoms with E-state index in [9.17, 15) is 4.79 Å². The van der Waals surface area contributed by atoms with Crippen molar-refractivity contribution in [2.75, 3.05) is 21.2 Å². The molecule has 1 rings (SSSR count). The molecule has 5 nitrogen and oxygen atoms in total. The highest BCUT2D eigenvalue weighted by Gasteiger charge is 2.13. The molecule has 1 amide bonds. The number of amides is 1. The molecule has 0 aliphatic heterocycles. The molecule has 0 saturated heterocycles. The van der Waals surface area contributed by atoms with Crippen LogP contribution in [0.4, 0.5) is 0 Å². The lowest BCUT2D eigenvalue weighted by atomic mass is 10.0. The number of nitrogens with one attached hydrogen (secondary N) is 1. The third kappa shape index (κ3) is 4.29. The summed E-state index contributed by atoms with van der Waals surface area (Å²) in [6.07, 6.45) is 0.233. The number of halogens is 1. The molecule has 1 atom stereocenters. The Morgan fingerprint density at radius 1 is 1.56 bits per heavy atom. The summed E-state index contributed by atoms with van der Waals surface area (Å²) in [5.74, 6) is 0.628. The van der Waals surface area contributed by atoms with E-state index < -0.39 is 0 Å². The molecule has 0 radical (unpaired) electrons. The molecule has 0 aliphatic rings. The first kappa shape index (κ1) is 14.9. The summed E-state index contributed by atoms with van der Waals surface area (Å²) in [7, 11) is 5.12. The molecule has 0 saturated carbocycles. The van der Waals surface area contributed by atoms with Gasteiger partial charge in [-0.2, -0.15) is 0 Å². The number of methoxy groups -OCH3 is 1. The second-order valence-electron chi connectivity index (χ2n) is 4.13. The molecule has 1 aromatic rings. The average molecular weight is 316 g/mol. The minimum absolute atomic E-state index is 0.112. The number of benzene rings is 1. The quantitative estimate of drug-likeness (QED) is 0.807. The SMILES string of the molecule is COc1ccc(C(N)CC(=O)NN(C)C)cc1Br. The zero-order valence-corrected chi connectivity index (χ0v) is 12.3. The third-order valence-electron chi connectivity index (χ3n) is 2.36. The van der Waals surface area contributed by atoms with Crippen LogP contribution >= 0.6 is 15.9 Å². The summed E-state index contributed by atoms with van der Waals surface area (Å²) in [5.41, 5.74) is 9.54. The van der Waals surface area contributed by atoms with Crippen molar-refractivity contribution in [1.82, 2.24) is 10.4 Å². The van der Waals surface area contributed by atoms with E-state index >= 15 is 0 Å². The topological polar surface area (TPSA) is 67.6 Å². The van der Waals surface area contributed by atoms with Crippen LogP contribution in [0, 0.1) is 0 Å². The summed E-state index contributed by atoms with van der Waals surface area (Å²) in [6.45, 7) is 0. The van der Waals surface area contributed by atoms with Gasteiger partial charge in [0.2, 0.25) is 5.91 Å². The number of hydrogen-bond donors (Lipinski definition) is 2. The Balaban J connectivity index is 2.69. The molecular weight excluding hydrogens is 298 g/mol. The van der Waals surface area contributed by atoms with Crippen LogP contribution < -0.4 is 15.9 Å². The Bertz CT molecular complexity index is 424. The van der Waals surface area contributed by atoms with Gasteiger partial charge in [0, 0.05) is 26.6 Å². The maximum absolute atomic E-state index is 11.6. The maximum atomic E-state index is 11.6. The lowest BCUT2D eigenvalue weighted by Gasteiger charge is -2.16. The van der Waals surface area contributed by atoms with Crippen molar-refractivity contribution in [2.45, 2.75) is 12.5 Å². The smallest absolute Gasteiger partial charge is 0.236 e. The van der Waals surface area contributed by atoms with Crippen molar-refractivity contribution < 1.29 is 9.53 Å². The minimum atomic E-state index is -0.341. The summed E-state index contributed by atoms with van der Waals surface area (Å²) >= 11 is 3.39. The van der Waals surface area contributed by atoms with Crippen molar-refractivity contribution in [3.63, 3.8) is 0 Å². The van der Waals surface area contributed by atoms with E-state index in [1.807, 2.05) is 18.2 Å². The standard InChI is InChI=1S/C12H18BrN3O2/c1-16(2)15-12(17)7-10(14)8-4-5-11(18-3)9(13)6-8/h4-6,10H,7,14H2,1-3H3,(H,15,17). The number of rotatable bonds is 5. The fourth-order valence-electron chi connectivity index (χ4n) is 1.53. The second kappa shape index (κ2) is 6.72. The highest BCUT2D eigenvalue weighted by Crippen LogP contribution is 2.28. The molecular formula is C12H18BrN3O2. The Hall–Kier alpha value is -1.11. The van der Waals surface area contributed by atoms with Crippen molar-refractivity contribution in [1.29, 1.82) is 0 Å². The molecule has 0 heterocycles. The van der Waals surface area contributed by atoms with Gasteiger partial charge in [-0.05, 0) is 33.6 Å². The van der Waals surface area contributed by atoms with Gasteiger partial charge in [-0.15, -0.1) is 0 Å². The molecule has 3 N–H and O–H groups in total. The molecule has 1 unspecified atom stereocenters. The number of ether oxygens (including phenoxy) is 1. The van der Waals surface area contributed by atoms with E-state index in [1.54, 1.807) is 26.2 Å². The van der Waals surface area contributed by atoms with Crippen LogP contribution in [0.3, 0.4) is 0 Å². The van der Waals surface area contributed by atoms with Crippen molar-refractivity contribution >= 4 is 21.8 Å². The van der Waals surface area contributed by atoms with Crippen LogP contribution in [0.25, 0.3) is 0 Å². The van der Waals surface area contributed by atoms with Crippen molar-refractivity contribution in [3.8, 4) is 5.75 Å². The summed E-state index contributed by atoms with van der Waals surface area (Å²) in [4.78, 5) is 11.6. The summed E-state index contributed by atoms with van der Waals surface area (Å²) in [5, 5.41) is 1.60. The van der Waals surface area contributed by atoms with Crippen LogP contribution in [-0.4, -0.2) is 32.1 Å². The van der Waals surface area contributed by atoms with E-state index in [4.69, 9.17) is 10.5 Å². The first-order valence-electron chi connectivity index (χ1n) is 5.50.